The summed E-state index contributed by atoms with van der Waals surface area (Å²) in [6, 6.07) is 8.72. The Morgan fingerprint density at radius 2 is 2.26 bits per heavy atom. The fraction of sp³-hybridized carbons (Fsp3) is 0.467. The summed E-state index contributed by atoms with van der Waals surface area (Å²) in [4.78, 5) is 4.31. The second-order valence-electron chi connectivity index (χ2n) is 5.13. The lowest BCUT2D eigenvalue weighted by molar-refractivity contribution is 0.502. The van der Waals surface area contributed by atoms with Crippen LogP contribution in [0.5, 0.6) is 0 Å². The summed E-state index contributed by atoms with van der Waals surface area (Å²) >= 11 is 0. The van der Waals surface area contributed by atoms with E-state index in [-0.39, 0.29) is 0 Å². The van der Waals surface area contributed by atoms with Gasteiger partial charge in [-0.05, 0) is 24.0 Å². The number of aryl methyl sites for hydroxylation is 1. The molecule has 100 valence electrons. The van der Waals surface area contributed by atoms with E-state index in [0.29, 0.717) is 5.92 Å². The van der Waals surface area contributed by atoms with Crippen LogP contribution >= 0.6 is 0 Å². The maximum atomic E-state index is 4.31. The van der Waals surface area contributed by atoms with Crippen molar-refractivity contribution in [3.63, 3.8) is 0 Å². The molecule has 1 heterocycles. The smallest absolute Gasteiger partial charge is 0.140 e. The van der Waals surface area contributed by atoms with E-state index in [0.717, 1.165) is 31.9 Å². The predicted molar refractivity (Wildman–Crippen MR) is 74.9 cm³/mol. The van der Waals surface area contributed by atoms with Crippen molar-refractivity contribution < 1.29 is 0 Å². The topological polar surface area (TPSA) is 42.7 Å². The largest absolute Gasteiger partial charge is 0.309 e. The quantitative estimate of drug-likeness (QED) is 0.861. The first-order chi connectivity index (χ1) is 9.38. The molecule has 1 atom stereocenters. The summed E-state index contributed by atoms with van der Waals surface area (Å²) < 4.78 is 1.99. The van der Waals surface area contributed by atoms with Gasteiger partial charge in [0.2, 0.25) is 0 Å². The Bertz CT molecular complexity index is 547. The molecule has 1 N–H and O–H groups in total. The molecule has 1 unspecified atom stereocenters. The third-order valence-corrected chi connectivity index (χ3v) is 3.77. The molecular weight excluding hydrogens is 236 g/mol. The Labute approximate surface area is 113 Å². The Morgan fingerprint density at radius 1 is 1.37 bits per heavy atom. The standard InChI is InChI=1S/C15H20N4/c1-2-7-19-15(17-11-18-19)10-16-9-13-8-12-5-3-4-6-14(12)13/h3-6,11,13,16H,2,7-10H2,1H3. The van der Waals surface area contributed by atoms with Crippen molar-refractivity contribution in [1.29, 1.82) is 0 Å². The van der Waals surface area contributed by atoms with Gasteiger partial charge in [0.05, 0.1) is 6.54 Å². The van der Waals surface area contributed by atoms with Crippen LogP contribution in [0.1, 0.15) is 36.2 Å². The van der Waals surface area contributed by atoms with Gasteiger partial charge in [-0.2, -0.15) is 5.10 Å². The maximum absolute atomic E-state index is 4.31. The van der Waals surface area contributed by atoms with Gasteiger partial charge in [-0.1, -0.05) is 31.2 Å². The van der Waals surface area contributed by atoms with E-state index >= 15 is 0 Å². The highest BCUT2D eigenvalue weighted by Crippen LogP contribution is 2.33. The number of hydrogen-bond acceptors (Lipinski definition) is 3. The zero-order valence-electron chi connectivity index (χ0n) is 11.3. The van der Waals surface area contributed by atoms with Crippen LogP contribution in [-0.4, -0.2) is 21.3 Å². The average molecular weight is 256 g/mol. The lowest BCUT2D eigenvalue weighted by Crippen LogP contribution is -2.29. The number of fused-ring (bicyclic) bond motifs is 1. The second-order valence-corrected chi connectivity index (χ2v) is 5.13. The van der Waals surface area contributed by atoms with Crippen molar-refractivity contribution in [2.24, 2.45) is 0 Å². The highest BCUT2D eigenvalue weighted by atomic mass is 15.3. The fourth-order valence-corrected chi connectivity index (χ4v) is 2.73. The highest BCUT2D eigenvalue weighted by Gasteiger charge is 2.24. The first-order valence-corrected chi connectivity index (χ1v) is 7.03. The second kappa shape index (κ2) is 5.53. The van der Waals surface area contributed by atoms with E-state index in [9.17, 15) is 0 Å². The van der Waals surface area contributed by atoms with Crippen molar-refractivity contribution in [2.45, 2.75) is 38.8 Å². The Kier molecular flexibility index (Phi) is 3.60. The highest BCUT2D eigenvalue weighted by molar-refractivity contribution is 5.40. The van der Waals surface area contributed by atoms with Gasteiger partial charge >= 0.3 is 0 Å². The summed E-state index contributed by atoms with van der Waals surface area (Å²) in [5.74, 6) is 1.70. The molecular formula is C15H20N4. The molecule has 4 heteroatoms. The van der Waals surface area contributed by atoms with E-state index in [2.05, 4.69) is 46.6 Å². The van der Waals surface area contributed by atoms with Gasteiger partial charge in [0.15, 0.2) is 0 Å². The van der Waals surface area contributed by atoms with Gasteiger partial charge in [-0.3, -0.25) is 0 Å². The monoisotopic (exact) mass is 256 g/mol. The molecule has 0 fully saturated rings. The SMILES string of the molecule is CCCn1ncnc1CNCC1Cc2ccccc21. The lowest BCUT2D eigenvalue weighted by atomic mass is 9.78. The van der Waals surface area contributed by atoms with Crippen molar-refractivity contribution in [1.82, 2.24) is 20.1 Å². The molecule has 0 bridgehead atoms. The number of rotatable bonds is 6. The molecule has 19 heavy (non-hydrogen) atoms. The summed E-state index contributed by atoms with van der Waals surface area (Å²) in [5, 5.41) is 7.75. The summed E-state index contributed by atoms with van der Waals surface area (Å²) in [5.41, 5.74) is 3.01. The molecule has 3 rings (SSSR count). The minimum atomic E-state index is 0.666. The molecule has 1 aliphatic carbocycles. The van der Waals surface area contributed by atoms with Gasteiger partial charge in [-0.15, -0.1) is 0 Å². The molecule has 0 amide bonds. The van der Waals surface area contributed by atoms with Crippen LogP contribution in [-0.2, 0) is 19.5 Å². The van der Waals surface area contributed by atoms with Gasteiger partial charge in [0.1, 0.15) is 12.2 Å². The normalized spacial score (nSPS) is 17.0. The van der Waals surface area contributed by atoms with Crippen LogP contribution in [0.4, 0.5) is 0 Å². The zero-order valence-corrected chi connectivity index (χ0v) is 11.3. The number of nitrogens with zero attached hydrogens (tertiary/aromatic N) is 3. The fourth-order valence-electron chi connectivity index (χ4n) is 2.73. The minimum Gasteiger partial charge on any atom is -0.309 e. The van der Waals surface area contributed by atoms with Crippen LogP contribution < -0.4 is 5.32 Å². The van der Waals surface area contributed by atoms with E-state index in [1.807, 2.05) is 4.68 Å². The predicted octanol–water partition coefficient (Wildman–Crippen LogP) is 2.12. The van der Waals surface area contributed by atoms with Crippen molar-refractivity contribution in [3.05, 3.63) is 47.5 Å². The summed E-state index contributed by atoms with van der Waals surface area (Å²) in [7, 11) is 0. The molecule has 1 aromatic heterocycles. The zero-order chi connectivity index (χ0) is 13.1. The van der Waals surface area contributed by atoms with Crippen LogP contribution in [0.25, 0.3) is 0 Å². The molecule has 1 aliphatic rings. The summed E-state index contributed by atoms with van der Waals surface area (Å²) in [6.07, 6.45) is 3.93. The van der Waals surface area contributed by atoms with Crippen molar-refractivity contribution in [3.8, 4) is 0 Å². The molecule has 0 radical (unpaired) electrons. The minimum absolute atomic E-state index is 0.666. The third kappa shape index (κ3) is 2.54. The number of benzene rings is 1. The Morgan fingerprint density at radius 3 is 3.11 bits per heavy atom. The molecule has 0 saturated carbocycles. The summed E-state index contributed by atoms with van der Waals surface area (Å²) in [6.45, 7) is 4.93. The van der Waals surface area contributed by atoms with Crippen LogP contribution in [0.15, 0.2) is 30.6 Å². The number of hydrogen-bond donors (Lipinski definition) is 1. The molecule has 0 saturated heterocycles. The van der Waals surface area contributed by atoms with Crippen LogP contribution in [0, 0.1) is 0 Å². The van der Waals surface area contributed by atoms with E-state index in [4.69, 9.17) is 0 Å². The molecule has 0 spiro atoms. The average Bonchev–Trinajstić information content (AvgIpc) is 2.83. The van der Waals surface area contributed by atoms with Gasteiger partial charge in [0, 0.05) is 19.0 Å². The van der Waals surface area contributed by atoms with E-state index in [1.54, 1.807) is 6.33 Å². The number of nitrogens with one attached hydrogen (secondary N) is 1. The lowest BCUT2D eigenvalue weighted by Gasteiger charge is -2.30. The van der Waals surface area contributed by atoms with E-state index in [1.165, 1.54) is 17.5 Å². The maximum Gasteiger partial charge on any atom is 0.140 e. The first kappa shape index (κ1) is 12.4. The van der Waals surface area contributed by atoms with Crippen molar-refractivity contribution >= 4 is 0 Å². The van der Waals surface area contributed by atoms with Gasteiger partial charge < -0.3 is 5.32 Å². The molecule has 2 aromatic rings. The van der Waals surface area contributed by atoms with Gasteiger partial charge in [-0.25, -0.2) is 9.67 Å². The Hall–Kier alpha value is -1.68. The molecule has 1 aromatic carbocycles. The van der Waals surface area contributed by atoms with E-state index < -0.39 is 0 Å². The Balaban J connectivity index is 1.51. The molecule has 4 nitrogen and oxygen atoms in total. The third-order valence-electron chi connectivity index (χ3n) is 3.77. The van der Waals surface area contributed by atoms with Crippen molar-refractivity contribution in [2.75, 3.05) is 6.54 Å². The number of aromatic nitrogens is 3. The van der Waals surface area contributed by atoms with Crippen LogP contribution in [0.2, 0.25) is 0 Å². The molecule has 0 aliphatic heterocycles. The van der Waals surface area contributed by atoms with Crippen LogP contribution in [0.3, 0.4) is 0 Å². The van der Waals surface area contributed by atoms with Gasteiger partial charge in [0.25, 0.3) is 0 Å². The first-order valence-electron chi connectivity index (χ1n) is 7.03.